The molecule has 7 heteroatoms. The fourth-order valence-corrected chi connectivity index (χ4v) is 3.00. The molecule has 1 rings (SSSR count). The maximum Gasteiger partial charge on any atom is 0.326 e. The van der Waals surface area contributed by atoms with E-state index in [1.165, 1.54) is 6.92 Å². The number of amides is 1. The Morgan fingerprint density at radius 1 is 1.40 bits per heavy atom. The Morgan fingerprint density at radius 2 is 2.10 bits per heavy atom. The van der Waals surface area contributed by atoms with E-state index in [2.05, 4.69) is 5.32 Å². The van der Waals surface area contributed by atoms with Crippen LogP contribution in [0.25, 0.3) is 0 Å². The van der Waals surface area contributed by atoms with Crippen molar-refractivity contribution in [2.75, 3.05) is 5.75 Å². The van der Waals surface area contributed by atoms with E-state index in [1.54, 1.807) is 30.0 Å². The minimum atomic E-state index is -1.03. The standard InChI is InChI=1S/C13H15Cl2NO3S/c1-8(17)16-12(13(18)19)4-5-20-7-9-6-10(14)2-3-11(9)15/h2-3,6,12H,4-5,7H2,1H3,(H,16,17)(H,18,19). The van der Waals surface area contributed by atoms with E-state index in [9.17, 15) is 9.59 Å². The molecule has 4 nitrogen and oxygen atoms in total. The number of hydrogen-bond donors (Lipinski definition) is 2. The van der Waals surface area contributed by atoms with Crippen molar-refractivity contribution in [2.45, 2.75) is 25.1 Å². The fraction of sp³-hybridized carbons (Fsp3) is 0.385. The summed E-state index contributed by atoms with van der Waals surface area (Å²) in [4.78, 5) is 21.8. The van der Waals surface area contributed by atoms with Crippen LogP contribution in [-0.4, -0.2) is 28.8 Å². The highest BCUT2D eigenvalue weighted by Gasteiger charge is 2.17. The zero-order valence-corrected chi connectivity index (χ0v) is 13.2. The van der Waals surface area contributed by atoms with Crippen LogP contribution in [0.2, 0.25) is 10.0 Å². The van der Waals surface area contributed by atoms with Gasteiger partial charge in [-0.05, 0) is 35.9 Å². The monoisotopic (exact) mass is 335 g/mol. The summed E-state index contributed by atoms with van der Waals surface area (Å²) < 4.78 is 0. The van der Waals surface area contributed by atoms with E-state index >= 15 is 0 Å². The maximum absolute atomic E-state index is 10.9. The maximum atomic E-state index is 10.9. The summed E-state index contributed by atoms with van der Waals surface area (Å²) in [5, 5.41) is 12.6. The first-order chi connectivity index (χ1) is 9.40. The van der Waals surface area contributed by atoms with Crippen LogP contribution in [0.5, 0.6) is 0 Å². The van der Waals surface area contributed by atoms with Crippen LogP contribution in [-0.2, 0) is 15.3 Å². The SMILES string of the molecule is CC(=O)NC(CCSCc1cc(Cl)ccc1Cl)C(=O)O. The van der Waals surface area contributed by atoms with E-state index in [0.717, 1.165) is 5.56 Å². The van der Waals surface area contributed by atoms with Crippen LogP contribution in [0.4, 0.5) is 0 Å². The minimum absolute atomic E-state index is 0.347. The number of hydrogen-bond acceptors (Lipinski definition) is 3. The van der Waals surface area contributed by atoms with Crippen LogP contribution in [0.3, 0.4) is 0 Å². The summed E-state index contributed by atoms with van der Waals surface area (Å²) in [6.45, 7) is 1.30. The lowest BCUT2D eigenvalue weighted by molar-refractivity contribution is -0.141. The molecular weight excluding hydrogens is 321 g/mol. The molecule has 0 aliphatic carbocycles. The van der Waals surface area contributed by atoms with Gasteiger partial charge in [0.25, 0.3) is 0 Å². The van der Waals surface area contributed by atoms with Gasteiger partial charge in [-0.2, -0.15) is 11.8 Å². The molecule has 1 atom stereocenters. The third-order valence-electron chi connectivity index (χ3n) is 2.49. The molecule has 1 aromatic carbocycles. The largest absolute Gasteiger partial charge is 0.480 e. The molecule has 20 heavy (non-hydrogen) atoms. The molecule has 0 bridgehead atoms. The van der Waals surface area contributed by atoms with Gasteiger partial charge in [0.05, 0.1) is 0 Å². The highest BCUT2D eigenvalue weighted by Crippen LogP contribution is 2.25. The van der Waals surface area contributed by atoms with Crippen LogP contribution < -0.4 is 5.32 Å². The normalized spacial score (nSPS) is 11.9. The van der Waals surface area contributed by atoms with Crippen molar-refractivity contribution in [3.05, 3.63) is 33.8 Å². The third-order valence-corrected chi connectivity index (χ3v) is 4.14. The summed E-state index contributed by atoms with van der Waals surface area (Å²) >= 11 is 13.5. The number of aliphatic carboxylic acids is 1. The molecule has 0 saturated heterocycles. The van der Waals surface area contributed by atoms with Crippen molar-refractivity contribution in [1.82, 2.24) is 5.32 Å². The van der Waals surface area contributed by atoms with Gasteiger partial charge < -0.3 is 10.4 Å². The summed E-state index contributed by atoms with van der Waals surface area (Å²) in [6.07, 6.45) is 0.359. The van der Waals surface area contributed by atoms with E-state index in [-0.39, 0.29) is 5.91 Å². The number of benzene rings is 1. The van der Waals surface area contributed by atoms with Crippen molar-refractivity contribution < 1.29 is 14.7 Å². The van der Waals surface area contributed by atoms with Crippen molar-refractivity contribution >= 4 is 46.8 Å². The molecule has 0 aromatic heterocycles. The average Bonchev–Trinajstić information content (AvgIpc) is 2.36. The Labute approximate surface area is 131 Å². The lowest BCUT2D eigenvalue weighted by Gasteiger charge is -2.12. The number of carboxylic acids is 1. The van der Waals surface area contributed by atoms with Crippen LogP contribution >= 0.6 is 35.0 Å². The molecule has 0 spiro atoms. The van der Waals surface area contributed by atoms with E-state index in [4.69, 9.17) is 28.3 Å². The molecule has 2 N–H and O–H groups in total. The lowest BCUT2D eigenvalue weighted by Crippen LogP contribution is -2.39. The number of nitrogens with one attached hydrogen (secondary N) is 1. The van der Waals surface area contributed by atoms with Gasteiger partial charge in [0, 0.05) is 22.7 Å². The number of rotatable bonds is 7. The first-order valence-electron chi connectivity index (χ1n) is 5.91. The summed E-state index contributed by atoms with van der Waals surface area (Å²) in [5.74, 6) is -0.131. The summed E-state index contributed by atoms with van der Waals surface area (Å²) in [5.41, 5.74) is 0.913. The lowest BCUT2D eigenvalue weighted by atomic mass is 10.2. The summed E-state index contributed by atoms with van der Waals surface area (Å²) in [7, 11) is 0. The van der Waals surface area contributed by atoms with Crippen molar-refractivity contribution in [3.63, 3.8) is 0 Å². The highest BCUT2D eigenvalue weighted by atomic mass is 35.5. The van der Waals surface area contributed by atoms with Gasteiger partial charge >= 0.3 is 5.97 Å². The summed E-state index contributed by atoms with van der Waals surface area (Å²) in [6, 6.07) is 4.39. The van der Waals surface area contributed by atoms with Crippen molar-refractivity contribution in [3.8, 4) is 0 Å². The van der Waals surface area contributed by atoms with Crippen molar-refractivity contribution in [2.24, 2.45) is 0 Å². The first-order valence-corrected chi connectivity index (χ1v) is 7.82. The van der Waals surface area contributed by atoms with Crippen LogP contribution in [0.1, 0.15) is 18.9 Å². The number of carbonyl (C=O) groups is 2. The van der Waals surface area contributed by atoms with Crippen LogP contribution in [0, 0.1) is 0 Å². The molecule has 0 aliphatic heterocycles. The van der Waals surface area contributed by atoms with Crippen LogP contribution in [0.15, 0.2) is 18.2 Å². The van der Waals surface area contributed by atoms with Gasteiger partial charge in [0.1, 0.15) is 6.04 Å². The van der Waals surface area contributed by atoms with Gasteiger partial charge in [0.2, 0.25) is 5.91 Å². The molecule has 1 aromatic rings. The Morgan fingerprint density at radius 3 is 2.70 bits per heavy atom. The molecule has 110 valence electrons. The zero-order chi connectivity index (χ0) is 15.1. The molecule has 0 fully saturated rings. The molecule has 0 radical (unpaired) electrons. The van der Waals surface area contributed by atoms with Gasteiger partial charge in [-0.15, -0.1) is 0 Å². The van der Waals surface area contributed by atoms with Gasteiger partial charge in [-0.1, -0.05) is 23.2 Å². The Hall–Kier alpha value is -0.910. The topological polar surface area (TPSA) is 66.4 Å². The Kier molecular flexibility index (Phi) is 7.19. The third kappa shape index (κ3) is 6.03. The Balaban J connectivity index is 2.42. The predicted octanol–water partition coefficient (Wildman–Crippen LogP) is 3.21. The molecule has 0 saturated carbocycles. The van der Waals surface area contributed by atoms with Crippen molar-refractivity contribution in [1.29, 1.82) is 0 Å². The molecule has 0 heterocycles. The quantitative estimate of drug-likeness (QED) is 0.751. The zero-order valence-electron chi connectivity index (χ0n) is 10.9. The second-order valence-corrected chi connectivity index (χ2v) is 6.12. The first kappa shape index (κ1) is 17.1. The number of halogens is 2. The molecule has 0 aliphatic rings. The minimum Gasteiger partial charge on any atom is -0.480 e. The molecule has 1 unspecified atom stereocenters. The smallest absolute Gasteiger partial charge is 0.326 e. The second kappa shape index (κ2) is 8.39. The van der Waals surface area contributed by atoms with Gasteiger partial charge in [-0.3, -0.25) is 4.79 Å². The van der Waals surface area contributed by atoms with E-state index < -0.39 is 12.0 Å². The Bertz CT molecular complexity index is 497. The number of carbonyl (C=O) groups excluding carboxylic acids is 1. The van der Waals surface area contributed by atoms with Gasteiger partial charge in [0.15, 0.2) is 0 Å². The molecule has 1 amide bonds. The second-order valence-electron chi connectivity index (χ2n) is 4.17. The van der Waals surface area contributed by atoms with Gasteiger partial charge in [-0.25, -0.2) is 4.79 Å². The molecular formula is C13H15Cl2NO3S. The fourth-order valence-electron chi connectivity index (χ4n) is 1.54. The average molecular weight is 336 g/mol. The number of thioether (sulfide) groups is 1. The number of carboxylic acid groups (broad SMARTS) is 1. The van der Waals surface area contributed by atoms with E-state index in [0.29, 0.717) is 28.0 Å². The predicted molar refractivity (Wildman–Crippen MR) is 82.5 cm³/mol. The van der Waals surface area contributed by atoms with E-state index in [1.807, 2.05) is 0 Å². The highest BCUT2D eigenvalue weighted by molar-refractivity contribution is 7.98.